The minimum atomic E-state index is -3.13. The molecule has 1 aliphatic carbocycles. The average molecular weight is 271 g/mol. The van der Waals surface area contributed by atoms with E-state index in [1.807, 2.05) is 0 Å². The number of hydrogen-bond acceptors (Lipinski definition) is 3. The van der Waals surface area contributed by atoms with Gasteiger partial charge in [0.1, 0.15) is 5.37 Å². The molecule has 0 aromatic rings. The van der Waals surface area contributed by atoms with Gasteiger partial charge in [-0.2, -0.15) is 0 Å². The van der Waals surface area contributed by atoms with Crippen LogP contribution < -0.4 is 5.73 Å². The predicted molar refractivity (Wildman–Crippen MR) is 77.0 cm³/mol. The third kappa shape index (κ3) is 5.36. The van der Waals surface area contributed by atoms with Crippen molar-refractivity contribution in [1.82, 2.24) is 0 Å². The minimum absolute atomic E-state index is 0.467. The van der Waals surface area contributed by atoms with Crippen LogP contribution in [0.25, 0.3) is 0 Å². The van der Waals surface area contributed by atoms with Gasteiger partial charge < -0.3 is 5.73 Å². The molecule has 0 radical (unpaired) electrons. The summed E-state index contributed by atoms with van der Waals surface area (Å²) in [6.45, 7) is 4.09. The fraction of sp³-hybridized carbons (Fsp3) is 0.714. The van der Waals surface area contributed by atoms with Crippen molar-refractivity contribution in [1.29, 1.82) is 0 Å². The molecule has 104 valence electrons. The van der Waals surface area contributed by atoms with E-state index in [4.69, 9.17) is 5.73 Å². The first kappa shape index (κ1) is 15.4. The summed E-state index contributed by atoms with van der Waals surface area (Å²) in [4.78, 5) is 0. The molecule has 0 saturated carbocycles. The summed E-state index contributed by atoms with van der Waals surface area (Å²) in [7, 11) is -3.13. The van der Waals surface area contributed by atoms with Crippen LogP contribution in [-0.2, 0) is 9.84 Å². The van der Waals surface area contributed by atoms with Crippen molar-refractivity contribution in [3.8, 4) is 0 Å². The van der Waals surface area contributed by atoms with E-state index in [2.05, 4.69) is 12.7 Å². The van der Waals surface area contributed by atoms with Crippen molar-refractivity contribution >= 4 is 9.84 Å². The van der Waals surface area contributed by atoms with E-state index in [-0.39, 0.29) is 0 Å². The van der Waals surface area contributed by atoms with E-state index >= 15 is 0 Å². The molecule has 0 aromatic heterocycles. The molecule has 0 bridgehead atoms. The van der Waals surface area contributed by atoms with Crippen LogP contribution in [-0.4, -0.2) is 20.0 Å². The molecule has 1 unspecified atom stereocenters. The van der Waals surface area contributed by atoms with Gasteiger partial charge in [-0.1, -0.05) is 31.1 Å². The number of nitrogens with two attached hydrogens (primary N) is 1. The molecule has 18 heavy (non-hydrogen) atoms. The Labute approximate surface area is 111 Å². The fourth-order valence-corrected chi connectivity index (χ4v) is 2.75. The maximum Gasteiger partial charge on any atom is 0.163 e. The zero-order valence-corrected chi connectivity index (χ0v) is 12.1. The summed E-state index contributed by atoms with van der Waals surface area (Å²) in [5, 5.41) is -0.761. The molecule has 0 amide bonds. The van der Waals surface area contributed by atoms with Gasteiger partial charge in [0.25, 0.3) is 0 Å². The lowest BCUT2D eigenvalue weighted by molar-refractivity contribution is 0.578. The fourth-order valence-electron chi connectivity index (χ4n) is 2.20. The number of rotatable bonds is 5. The summed E-state index contributed by atoms with van der Waals surface area (Å²) >= 11 is 0. The second-order valence-electron chi connectivity index (χ2n) is 5.19. The van der Waals surface area contributed by atoms with E-state index in [9.17, 15) is 8.42 Å². The van der Waals surface area contributed by atoms with Crippen LogP contribution in [0.1, 0.15) is 51.4 Å². The highest BCUT2D eigenvalue weighted by atomic mass is 32.2. The Hall–Kier alpha value is -0.610. The van der Waals surface area contributed by atoms with Crippen LogP contribution in [0.5, 0.6) is 0 Å². The molecule has 1 atom stereocenters. The first-order valence-electron chi connectivity index (χ1n) is 6.73. The van der Waals surface area contributed by atoms with E-state index in [0.29, 0.717) is 12.8 Å². The summed E-state index contributed by atoms with van der Waals surface area (Å²) in [6.07, 6.45) is 11.9. The van der Waals surface area contributed by atoms with E-state index in [1.165, 1.54) is 37.5 Å². The molecule has 0 fully saturated rings. The zero-order valence-electron chi connectivity index (χ0n) is 11.3. The standard InChI is InChI=1S/C14H25NO2S/c1-12(10-11-14(15)18(2,16)17)13-8-6-4-3-5-7-9-13/h8,14H,1,3-7,9-11,15H2,2H3/b13-8+. The molecule has 0 saturated heterocycles. The summed E-state index contributed by atoms with van der Waals surface area (Å²) < 4.78 is 22.5. The molecule has 2 N–H and O–H groups in total. The molecular weight excluding hydrogens is 246 g/mol. The molecule has 0 aliphatic heterocycles. The third-order valence-electron chi connectivity index (χ3n) is 3.53. The Morgan fingerprint density at radius 2 is 2.06 bits per heavy atom. The van der Waals surface area contributed by atoms with Gasteiger partial charge in [-0.05, 0) is 44.1 Å². The normalized spacial score (nSPS) is 22.4. The summed E-state index contributed by atoms with van der Waals surface area (Å²) in [5.41, 5.74) is 8.02. The quantitative estimate of drug-likeness (QED) is 0.836. The third-order valence-corrected chi connectivity index (χ3v) is 4.86. The molecule has 0 aromatic carbocycles. The van der Waals surface area contributed by atoms with Crippen LogP contribution in [0, 0.1) is 0 Å². The van der Waals surface area contributed by atoms with Crippen molar-refractivity contribution in [2.24, 2.45) is 5.73 Å². The Morgan fingerprint density at radius 3 is 2.72 bits per heavy atom. The maximum atomic E-state index is 11.3. The van der Waals surface area contributed by atoms with Gasteiger partial charge in [0, 0.05) is 6.26 Å². The Kier molecular flexibility index (Phi) is 6.09. The Bertz CT molecular complexity index is 410. The lowest BCUT2D eigenvalue weighted by Crippen LogP contribution is -2.29. The second kappa shape index (κ2) is 7.10. The SMILES string of the molecule is C=C(CCC(N)S(C)(=O)=O)/C1=C/CCCCCC1. The lowest BCUT2D eigenvalue weighted by atomic mass is 9.93. The highest BCUT2D eigenvalue weighted by Gasteiger charge is 2.16. The monoisotopic (exact) mass is 271 g/mol. The van der Waals surface area contributed by atoms with Crippen LogP contribution in [0.4, 0.5) is 0 Å². The lowest BCUT2D eigenvalue weighted by Gasteiger charge is -2.15. The van der Waals surface area contributed by atoms with Gasteiger partial charge in [-0.15, -0.1) is 0 Å². The van der Waals surface area contributed by atoms with Gasteiger partial charge in [0.05, 0.1) is 0 Å². The Morgan fingerprint density at radius 1 is 1.39 bits per heavy atom. The van der Waals surface area contributed by atoms with Gasteiger partial charge in [-0.25, -0.2) is 8.42 Å². The van der Waals surface area contributed by atoms with Gasteiger partial charge >= 0.3 is 0 Å². The van der Waals surface area contributed by atoms with Crippen molar-refractivity contribution in [2.75, 3.05) is 6.26 Å². The minimum Gasteiger partial charge on any atom is -0.315 e. The van der Waals surface area contributed by atoms with Gasteiger partial charge in [0.15, 0.2) is 9.84 Å². The summed E-state index contributed by atoms with van der Waals surface area (Å²) in [5.74, 6) is 0. The smallest absolute Gasteiger partial charge is 0.163 e. The van der Waals surface area contributed by atoms with Crippen LogP contribution >= 0.6 is 0 Å². The van der Waals surface area contributed by atoms with Crippen LogP contribution in [0.2, 0.25) is 0 Å². The maximum absolute atomic E-state index is 11.3. The van der Waals surface area contributed by atoms with Crippen LogP contribution in [0.3, 0.4) is 0 Å². The molecule has 3 nitrogen and oxygen atoms in total. The highest BCUT2D eigenvalue weighted by molar-refractivity contribution is 7.91. The molecule has 0 heterocycles. The molecule has 1 rings (SSSR count). The van der Waals surface area contributed by atoms with Crippen molar-refractivity contribution < 1.29 is 8.42 Å². The molecule has 0 spiro atoms. The number of sulfone groups is 1. The summed E-state index contributed by atoms with van der Waals surface area (Å²) in [6, 6.07) is 0. The van der Waals surface area contributed by atoms with E-state index in [1.54, 1.807) is 0 Å². The Balaban J connectivity index is 2.49. The zero-order chi connectivity index (χ0) is 13.6. The highest BCUT2D eigenvalue weighted by Crippen LogP contribution is 2.25. The second-order valence-corrected chi connectivity index (χ2v) is 7.46. The van der Waals surface area contributed by atoms with Crippen molar-refractivity contribution in [3.63, 3.8) is 0 Å². The largest absolute Gasteiger partial charge is 0.315 e. The average Bonchev–Trinajstić information content (AvgIpc) is 2.23. The van der Waals surface area contributed by atoms with Gasteiger partial charge in [0.2, 0.25) is 0 Å². The first-order valence-corrected chi connectivity index (χ1v) is 8.68. The van der Waals surface area contributed by atoms with Gasteiger partial charge in [-0.3, -0.25) is 0 Å². The number of hydrogen-bond donors (Lipinski definition) is 1. The number of allylic oxidation sites excluding steroid dienone is 3. The molecule has 1 aliphatic rings. The van der Waals surface area contributed by atoms with Crippen molar-refractivity contribution in [2.45, 2.75) is 56.7 Å². The predicted octanol–water partition coefficient (Wildman–Crippen LogP) is 2.93. The topological polar surface area (TPSA) is 60.2 Å². The molecular formula is C14H25NO2S. The first-order chi connectivity index (χ1) is 8.41. The molecule has 4 heteroatoms. The van der Waals surface area contributed by atoms with E-state index < -0.39 is 15.2 Å². The van der Waals surface area contributed by atoms with E-state index in [0.717, 1.165) is 18.4 Å². The van der Waals surface area contributed by atoms with Crippen LogP contribution in [0.15, 0.2) is 23.8 Å². The van der Waals surface area contributed by atoms with Crippen molar-refractivity contribution in [3.05, 3.63) is 23.8 Å².